The lowest BCUT2D eigenvalue weighted by molar-refractivity contribution is -0.385. The highest BCUT2D eigenvalue weighted by Crippen LogP contribution is 2.19. The number of pyridine rings is 1. The van der Waals surface area contributed by atoms with Crippen molar-refractivity contribution in [1.82, 2.24) is 9.88 Å². The molecule has 1 aliphatic heterocycles. The maximum Gasteiger partial charge on any atom is 0.287 e. The van der Waals surface area contributed by atoms with Crippen molar-refractivity contribution in [1.29, 1.82) is 0 Å². The molecule has 0 aliphatic carbocycles. The van der Waals surface area contributed by atoms with Crippen LogP contribution in [0.15, 0.2) is 42.6 Å². The van der Waals surface area contributed by atoms with Crippen molar-refractivity contribution < 1.29 is 14.5 Å². The van der Waals surface area contributed by atoms with E-state index in [1.165, 1.54) is 12.3 Å². The molecule has 8 nitrogen and oxygen atoms in total. The normalized spacial score (nSPS) is 14.3. The first-order chi connectivity index (χ1) is 12.9. The van der Waals surface area contributed by atoms with Gasteiger partial charge < -0.3 is 14.5 Å². The Morgan fingerprint density at radius 3 is 2.30 bits per heavy atom. The second-order valence-electron chi connectivity index (χ2n) is 6.60. The molecule has 0 N–H and O–H groups in total. The van der Waals surface area contributed by atoms with Gasteiger partial charge in [-0.05, 0) is 44.2 Å². The van der Waals surface area contributed by atoms with Crippen LogP contribution in [0.25, 0.3) is 0 Å². The zero-order valence-corrected chi connectivity index (χ0v) is 15.4. The SMILES string of the molecule is CC(C)Oc1ccc(C(=O)N2CCN(c3ccc([N+](=O)[O-])cn3)CC2)cc1. The molecular weight excluding hydrogens is 348 g/mol. The number of aromatic nitrogens is 1. The molecule has 0 atom stereocenters. The lowest BCUT2D eigenvalue weighted by atomic mass is 10.1. The van der Waals surface area contributed by atoms with E-state index >= 15 is 0 Å². The van der Waals surface area contributed by atoms with Crippen LogP contribution in [-0.2, 0) is 0 Å². The molecule has 8 heteroatoms. The Labute approximate surface area is 157 Å². The second-order valence-corrected chi connectivity index (χ2v) is 6.60. The zero-order valence-electron chi connectivity index (χ0n) is 15.4. The Balaban J connectivity index is 1.58. The van der Waals surface area contributed by atoms with Crippen molar-refractivity contribution in [3.63, 3.8) is 0 Å². The molecular formula is C19H22N4O4. The number of ether oxygens (including phenoxy) is 1. The molecule has 27 heavy (non-hydrogen) atoms. The standard InChI is InChI=1S/C19H22N4O4/c1-14(2)27-17-6-3-15(4-7-17)19(24)22-11-9-21(10-12-22)18-8-5-16(13-20-18)23(25)26/h3-8,13-14H,9-12H2,1-2H3. The predicted octanol–water partition coefficient (Wildman–Crippen LogP) is 2.74. The molecule has 3 rings (SSSR count). The molecule has 142 valence electrons. The smallest absolute Gasteiger partial charge is 0.287 e. The first kappa shape index (κ1) is 18.6. The number of hydrogen-bond donors (Lipinski definition) is 0. The van der Waals surface area contributed by atoms with Crippen molar-refractivity contribution in [3.8, 4) is 5.75 Å². The third-order valence-corrected chi connectivity index (χ3v) is 4.31. The molecule has 0 bridgehead atoms. The molecule has 0 unspecified atom stereocenters. The monoisotopic (exact) mass is 370 g/mol. The van der Waals surface area contributed by atoms with Crippen LogP contribution in [0, 0.1) is 10.1 Å². The average Bonchev–Trinajstić information content (AvgIpc) is 2.68. The number of carbonyl (C=O) groups is 1. The van der Waals surface area contributed by atoms with Gasteiger partial charge in [0, 0.05) is 37.8 Å². The van der Waals surface area contributed by atoms with Crippen LogP contribution in [-0.4, -0.2) is 53.0 Å². The van der Waals surface area contributed by atoms with E-state index < -0.39 is 4.92 Å². The number of nitro groups is 1. The van der Waals surface area contributed by atoms with E-state index in [0.29, 0.717) is 37.6 Å². The number of amides is 1. The van der Waals surface area contributed by atoms with Gasteiger partial charge in [-0.1, -0.05) is 0 Å². The fourth-order valence-electron chi connectivity index (χ4n) is 2.94. The quantitative estimate of drug-likeness (QED) is 0.594. The fraction of sp³-hybridized carbons (Fsp3) is 0.368. The Morgan fingerprint density at radius 2 is 1.78 bits per heavy atom. The number of piperazine rings is 1. The van der Waals surface area contributed by atoms with E-state index in [-0.39, 0.29) is 17.7 Å². The third-order valence-electron chi connectivity index (χ3n) is 4.31. The Hall–Kier alpha value is -3.16. The predicted molar refractivity (Wildman–Crippen MR) is 101 cm³/mol. The summed E-state index contributed by atoms with van der Waals surface area (Å²) in [6.07, 6.45) is 1.35. The van der Waals surface area contributed by atoms with Crippen LogP contribution in [0.1, 0.15) is 24.2 Å². The molecule has 0 spiro atoms. The molecule has 1 fully saturated rings. The summed E-state index contributed by atoms with van der Waals surface area (Å²) in [6.45, 7) is 6.32. The van der Waals surface area contributed by atoms with Gasteiger partial charge in [-0.25, -0.2) is 4.98 Å². The summed E-state index contributed by atoms with van der Waals surface area (Å²) in [6, 6.07) is 10.3. The first-order valence-corrected chi connectivity index (χ1v) is 8.85. The van der Waals surface area contributed by atoms with Crippen molar-refractivity contribution >= 4 is 17.4 Å². The van der Waals surface area contributed by atoms with Crippen LogP contribution in [0.4, 0.5) is 11.5 Å². The summed E-state index contributed by atoms with van der Waals surface area (Å²) in [5, 5.41) is 10.7. The molecule has 1 amide bonds. The maximum absolute atomic E-state index is 12.7. The molecule has 0 saturated carbocycles. The number of nitrogens with zero attached hydrogens (tertiary/aromatic N) is 4. The highest BCUT2D eigenvalue weighted by molar-refractivity contribution is 5.94. The number of rotatable bonds is 5. The van der Waals surface area contributed by atoms with Gasteiger partial charge in [-0.3, -0.25) is 14.9 Å². The Kier molecular flexibility index (Phi) is 5.54. The largest absolute Gasteiger partial charge is 0.491 e. The lowest BCUT2D eigenvalue weighted by Crippen LogP contribution is -2.49. The molecule has 1 aliphatic rings. The number of anilines is 1. The molecule has 2 heterocycles. The van der Waals surface area contributed by atoms with Gasteiger partial charge in [-0.2, -0.15) is 0 Å². The van der Waals surface area contributed by atoms with Gasteiger partial charge in [-0.15, -0.1) is 0 Å². The van der Waals surface area contributed by atoms with Gasteiger partial charge in [0.05, 0.1) is 11.0 Å². The third kappa shape index (κ3) is 4.52. The number of hydrogen-bond acceptors (Lipinski definition) is 6. The van der Waals surface area contributed by atoms with Gasteiger partial charge >= 0.3 is 0 Å². The topological polar surface area (TPSA) is 88.8 Å². The van der Waals surface area contributed by atoms with Crippen molar-refractivity contribution in [3.05, 3.63) is 58.3 Å². The summed E-state index contributed by atoms with van der Waals surface area (Å²) in [5.74, 6) is 1.42. The van der Waals surface area contributed by atoms with E-state index in [1.807, 2.05) is 30.9 Å². The van der Waals surface area contributed by atoms with Gasteiger partial charge in [0.15, 0.2) is 0 Å². The minimum Gasteiger partial charge on any atom is -0.491 e. The summed E-state index contributed by atoms with van der Waals surface area (Å²) >= 11 is 0. The van der Waals surface area contributed by atoms with Crippen LogP contribution >= 0.6 is 0 Å². The molecule has 1 aromatic heterocycles. The van der Waals surface area contributed by atoms with Gasteiger partial charge in [0.25, 0.3) is 11.6 Å². The van der Waals surface area contributed by atoms with Crippen LogP contribution in [0.5, 0.6) is 5.75 Å². The highest BCUT2D eigenvalue weighted by Gasteiger charge is 2.23. The van der Waals surface area contributed by atoms with Crippen molar-refractivity contribution in [2.24, 2.45) is 0 Å². The van der Waals surface area contributed by atoms with E-state index in [4.69, 9.17) is 4.74 Å². The highest BCUT2D eigenvalue weighted by atomic mass is 16.6. The van der Waals surface area contributed by atoms with E-state index in [0.717, 1.165) is 5.75 Å². The molecule has 0 radical (unpaired) electrons. The first-order valence-electron chi connectivity index (χ1n) is 8.85. The van der Waals surface area contributed by atoms with Crippen LogP contribution in [0.3, 0.4) is 0 Å². The van der Waals surface area contributed by atoms with Crippen molar-refractivity contribution in [2.75, 3.05) is 31.1 Å². The second kappa shape index (κ2) is 8.03. The van der Waals surface area contributed by atoms with Gasteiger partial charge in [0.1, 0.15) is 17.8 Å². The van der Waals surface area contributed by atoms with E-state index in [1.54, 1.807) is 23.1 Å². The number of carbonyl (C=O) groups excluding carboxylic acids is 1. The molecule has 2 aromatic rings. The minimum absolute atomic E-state index is 0.0117. The summed E-state index contributed by atoms with van der Waals surface area (Å²) in [4.78, 5) is 30.9. The lowest BCUT2D eigenvalue weighted by Gasteiger charge is -2.35. The fourth-order valence-corrected chi connectivity index (χ4v) is 2.94. The molecule has 1 aromatic carbocycles. The maximum atomic E-state index is 12.7. The summed E-state index contributed by atoms with van der Waals surface area (Å²) < 4.78 is 5.60. The van der Waals surface area contributed by atoms with Crippen LogP contribution < -0.4 is 9.64 Å². The molecule has 1 saturated heterocycles. The minimum atomic E-state index is -0.467. The average molecular weight is 370 g/mol. The Bertz CT molecular complexity index is 797. The van der Waals surface area contributed by atoms with Gasteiger partial charge in [0.2, 0.25) is 0 Å². The summed E-state index contributed by atoms with van der Waals surface area (Å²) in [7, 11) is 0. The zero-order chi connectivity index (χ0) is 19.4. The van der Waals surface area contributed by atoms with Crippen LogP contribution in [0.2, 0.25) is 0 Å². The van der Waals surface area contributed by atoms with E-state index in [2.05, 4.69) is 4.98 Å². The van der Waals surface area contributed by atoms with Crippen molar-refractivity contribution in [2.45, 2.75) is 20.0 Å². The van der Waals surface area contributed by atoms with E-state index in [9.17, 15) is 14.9 Å². The Morgan fingerprint density at radius 1 is 1.11 bits per heavy atom. The number of benzene rings is 1. The summed E-state index contributed by atoms with van der Waals surface area (Å²) in [5.41, 5.74) is 0.602.